The Hall–Kier alpha value is -2.65. The van der Waals surface area contributed by atoms with Crippen molar-refractivity contribution in [2.75, 3.05) is 18.4 Å². The number of halogens is 1. The van der Waals surface area contributed by atoms with Gasteiger partial charge in [0.15, 0.2) is 0 Å². The number of hydrogen-bond donors (Lipinski definition) is 1. The number of nitriles is 1. The molecule has 5 rings (SSSR count). The summed E-state index contributed by atoms with van der Waals surface area (Å²) in [6.07, 6.45) is 6.41. The monoisotopic (exact) mass is 393 g/mol. The smallest absolute Gasteiger partial charge is 0.257 e. The molecule has 0 radical (unpaired) electrons. The van der Waals surface area contributed by atoms with Gasteiger partial charge in [-0.2, -0.15) is 5.26 Å². The molecule has 1 amide bonds. The van der Waals surface area contributed by atoms with Crippen molar-refractivity contribution in [3.63, 3.8) is 0 Å². The van der Waals surface area contributed by atoms with Crippen LogP contribution in [0.3, 0.4) is 0 Å². The molecular weight excluding hydrogens is 374 g/mol. The molecule has 0 unspecified atom stereocenters. The van der Waals surface area contributed by atoms with Gasteiger partial charge in [0.05, 0.1) is 22.9 Å². The maximum absolute atomic E-state index is 12.7. The van der Waals surface area contributed by atoms with Gasteiger partial charge in [-0.05, 0) is 54.9 Å². The molecule has 2 aromatic rings. The van der Waals surface area contributed by atoms with E-state index in [4.69, 9.17) is 11.6 Å². The highest BCUT2D eigenvalue weighted by Crippen LogP contribution is 2.32. The fraction of sp³-hybridized carbons (Fsp3) is 0.429. The van der Waals surface area contributed by atoms with Crippen molar-refractivity contribution < 1.29 is 4.79 Å². The normalized spacial score (nSPS) is 20.5. The standard InChI is InChI=1S/C21H20ClN5O/c22-15-5-13-7-16(8-17(13)14(6-15)9-23)25-21-24-10-18-19(26-21)3-4-27(20(18)28)11-12-1-2-12/h5-6,10,12,16H,1-4,7-8,11H2,(H,24,25,26)/t16-/m0/s1. The molecule has 0 saturated heterocycles. The minimum atomic E-state index is 0.0567. The highest BCUT2D eigenvalue weighted by atomic mass is 35.5. The van der Waals surface area contributed by atoms with Crippen molar-refractivity contribution >= 4 is 23.5 Å². The topological polar surface area (TPSA) is 81.9 Å². The molecule has 28 heavy (non-hydrogen) atoms. The summed E-state index contributed by atoms with van der Waals surface area (Å²) >= 11 is 6.12. The first-order valence-electron chi connectivity index (χ1n) is 9.74. The van der Waals surface area contributed by atoms with Crippen molar-refractivity contribution in [1.82, 2.24) is 14.9 Å². The second kappa shape index (κ2) is 6.75. The van der Waals surface area contributed by atoms with Crippen LogP contribution in [0.25, 0.3) is 0 Å². The van der Waals surface area contributed by atoms with Gasteiger partial charge >= 0.3 is 0 Å². The molecule has 1 fully saturated rings. The van der Waals surface area contributed by atoms with Crippen LogP contribution in [0.4, 0.5) is 5.95 Å². The molecule has 1 atom stereocenters. The molecule has 0 bridgehead atoms. The van der Waals surface area contributed by atoms with Crippen LogP contribution in [0.5, 0.6) is 0 Å². The van der Waals surface area contributed by atoms with Gasteiger partial charge in [0.25, 0.3) is 5.91 Å². The fourth-order valence-electron chi connectivity index (χ4n) is 4.24. The lowest BCUT2D eigenvalue weighted by Crippen LogP contribution is -2.39. The number of nitrogens with zero attached hydrogens (tertiary/aromatic N) is 4. The van der Waals surface area contributed by atoms with E-state index in [2.05, 4.69) is 21.4 Å². The zero-order valence-corrected chi connectivity index (χ0v) is 16.2. The Morgan fingerprint density at radius 2 is 2.18 bits per heavy atom. The number of anilines is 1. The SMILES string of the molecule is N#Cc1cc(Cl)cc2c1C[C@@H](Nc1ncc3c(n1)CCN(CC1CC1)C3=O)C2. The van der Waals surface area contributed by atoms with Crippen molar-refractivity contribution in [2.45, 2.75) is 38.1 Å². The van der Waals surface area contributed by atoms with E-state index in [-0.39, 0.29) is 11.9 Å². The number of rotatable bonds is 4. The molecule has 142 valence electrons. The molecular formula is C21H20ClN5O. The first-order valence-corrected chi connectivity index (χ1v) is 10.1. The lowest BCUT2D eigenvalue weighted by molar-refractivity contribution is 0.0729. The molecule has 1 aromatic carbocycles. The first kappa shape index (κ1) is 17.4. The van der Waals surface area contributed by atoms with Crippen LogP contribution in [-0.2, 0) is 19.3 Å². The predicted molar refractivity (Wildman–Crippen MR) is 105 cm³/mol. The maximum Gasteiger partial charge on any atom is 0.257 e. The molecule has 1 aliphatic heterocycles. The summed E-state index contributed by atoms with van der Waals surface area (Å²) in [5.41, 5.74) is 4.25. The number of nitrogens with one attached hydrogen (secondary N) is 1. The quantitative estimate of drug-likeness (QED) is 0.863. The molecule has 1 saturated carbocycles. The Morgan fingerprint density at radius 3 is 2.96 bits per heavy atom. The third-order valence-electron chi connectivity index (χ3n) is 5.86. The van der Waals surface area contributed by atoms with Crippen LogP contribution in [0, 0.1) is 17.2 Å². The van der Waals surface area contributed by atoms with E-state index in [9.17, 15) is 10.1 Å². The Balaban J connectivity index is 1.31. The van der Waals surface area contributed by atoms with E-state index >= 15 is 0 Å². The molecule has 1 aromatic heterocycles. The zero-order chi connectivity index (χ0) is 19.3. The third kappa shape index (κ3) is 3.20. The number of fused-ring (bicyclic) bond motifs is 2. The summed E-state index contributed by atoms with van der Waals surface area (Å²) in [6, 6.07) is 6.00. The lowest BCUT2D eigenvalue weighted by Gasteiger charge is -2.28. The molecule has 3 aliphatic rings. The lowest BCUT2D eigenvalue weighted by atomic mass is 10.0. The second-order valence-electron chi connectivity index (χ2n) is 7.95. The molecule has 0 spiro atoms. The number of amides is 1. The minimum absolute atomic E-state index is 0.0567. The van der Waals surface area contributed by atoms with Gasteiger partial charge in [0.1, 0.15) is 0 Å². The molecule has 2 aliphatic carbocycles. The summed E-state index contributed by atoms with van der Waals surface area (Å²) < 4.78 is 0. The van der Waals surface area contributed by atoms with Crippen LogP contribution < -0.4 is 5.32 Å². The van der Waals surface area contributed by atoms with Gasteiger partial charge in [-0.15, -0.1) is 0 Å². The predicted octanol–water partition coefficient (Wildman–Crippen LogP) is 2.99. The minimum Gasteiger partial charge on any atom is -0.351 e. The Labute approximate surface area is 168 Å². The number of hydrogen-bond acceptors (Lipinski definition) is 5. The van der Waals surface area contributed by atoms with Crippen LogP contribution >= 0.6 is 11.6 Å². The maximum atomic E-state index is 12.7. The largest absolute Gasteiger partial charge is 0.351 e. The van der Waals surface area contributed by atoms with Crippen molar-refractivity contribution in [3.8, 4) is 6.07 Å². The first-order chi connectivity index (χ1) is 13.6. The average Bonchev–Trinajstić information content (AvgIpc) is 3.41. The molecule has 2 heterocycles. The summed E-state index contributed by atoms with van der Waals surface area (Å²) in [4.78, 5) is 23.6. The Kier molecular flexibility index (Phi) is 4.21. The number of benzene rings is 1. The fourth-order valence-corrected chi connectivity index (χ4v) is 4.48. The summed E-state index contributed by atoms with van der Waals surface area (Å²) in [5.74, 6) is 1.29. The van der Waals surface area contributed by atoms with Crippen molar-refractivity contribution in [2.24, 2.45) is 5.92 Å². The number of aromatic nitrogens is 2. The Morgan fingerprint density at radius 1 is 1.32 bits per heavy atom. The van der Waals surface area contributed by atoms with Crippen LogP contribution in [0.15, 0.2) is 18.3 Å². The van der Waals surface area contributed by atoms with Crippen LogP contribution in [0.2, 0.25) is 5.02 Å². The Bertz CT molecular complexity index is 1010. The van der Waals surface area contributed by atoms with Gasteiger partial charge in [-0.25, -0.2) is 9.97 Å². The highest BCUT2D eigenvalue weighted by molar-refractivity contribution is 6.30. The van der Waals surface area contributed by atoms with Crippen molar-refractivity contribution in [1.29, 1.82) is 5.26 Å². The van der Waals surface area contributed by atoms with Crippen LogP contribution in [0.1, 0.15) is 45.6 Å². The van der Waals surface area contributed by atoms with E-state index in [0.717, 1.165) is 49.2 Å². The average molecular weight is 394 g/mol. The van der Waals surface area contributed by atoms with Gasteiger partial charge in [-0.3, -0.25) is 4.79 Å². The third-order valence-corrected chi connectivity index (χ3v) is 6.08. The molecule has 7 heteroatoms. The zero-order valence-electron chi connectivity index (χ0n) is 15.4. The number of carbonyl (C=O) groups is 1. The van der Waals surface area contributed by atoms with E-state index in [1.807, 2.05) is 11.0 Å². The van der Waals surface area contributed by atoms with Gasteiger partial charge in [-0.1, -0.05) is 11.6 Å². The summed E-state index contributed by atoms with van der Waals surface area (Å²) in [6.45, 7) is 1.60. The van der Waals surface area contributed by atoms with Gasteiger partial charge in [0.2, 0.25) is 5.95 Å². The molecule has 1 N–H and O–H groups in total. The van der Waals surface area contributed by atoms with Gasteiger partial charge in [0, 0.05) is 36.8 Å². The highest BCUT2D eigenvalue weighted by Gasteiger charge is 2.32. The van der Waals surface area contributed by atoms with Crippen molar-refractivity contribution in [3.05, 3.63) is 51.3 Å². The van der Waals surface area contributed by atoms with E-state index in [1.165, 1.54) is 12.8 Å². The summed E-state index contributed by atoms with van der Waals surface area (Å²) in [5, 5.41) is 13.3. The number of carbonyl (C=O) groups excluding carboxylic acids is 1. The van der Waals surface area contributed by atoms with E-state index in [1.54, 1.807) is 12.3 Å². The van der Waals surface area contributed by atoms with Crippen LogP contribution in [-0.4, -0.2) is 39.9 Å². The second-order valence-corrected chi connectivity index (χ2v) is 8.39. The van der Waals surface area contributed by atoms with E-state index < -0.39 is 0 Å². The molecule has 6 nitrogen and oxygen atoms in total. The van der Waals surface area contributed by atoms with E-state index in [0.29, 0.717) is 28.0 Å². The summed E-state index contributed by atoms with van der Waals surface area (Å²) in [7, 11) is 0. The van der Waals surface area contributed by atoms with Gasteiger partial charge < -0.3 is 10.2 Å².